The summed E-state index contributed by atoms with van der Waals surface area (Å²) in [7, 11) is 1.99. The van der Waals surface area contributed by atoms with E-state index in [9.17, 15) is 0 Å². The van der Waals surface area contributed by atoms with Crippen molar-refractivity contribution in [2.24, 2.45) is 0 Å². The van der Waals surface area contributed by atoms with Crippen molar-refractivity contribution in [1.29, 1.82) is 0 Å². The number of fused-ring (bicyclic) bond motifs is 1. The van der Waals surface area contributed by atoms with Gasteiger partial charge in [0.1, 0.15) is 0 Å². The molecule has 0 saturated heterocycles. The molecule has 2 heteroatoms. The molecule has 15 heavy (non-hydrogen) atoms. The molecule has 0 atom stereocenters. The zero-order valence-electron chi connectivity index (χ0n) is 9.62. The number of benzene rings is 1. The molecule has 1 aromatic carbocycles. The fourth-order valence-electron chi connectivity index (χ4n) is 2.04. The number of nitrogens with one attached hydrogen (secondary N) is 1. The van der Waals surface area contributed by atoms with Crippen LogP contribution in [0.25, 0.3) is 10.9 Å². The van der Waals surface area contributed by atoms with Crippen LogP contribution in [-0.2, 0) is 6.54 Å². The number of nitrogens with zero attached hydrogens (tertiary/aromatic N) is 1. The standard InChI is InChI=1S/C13H18N2/c1-10(2)15-9-11(8-14-3)12-6-4-5-7-13(12)15/h4-7,9-10,14H,8H2,1-3H3. The topological polar surface area (TPSA) is 17.0 Å². The molecule has 2 rings (SSSR count). The summed E-state index contributed by atoms with van der Waals surface area (Å²) < 4.78 is 2.34. The van der Waals surface area contributed by atoms with Crippen LogP contribution in [0.1, 0.15) is 25.5 Å². The van der Waals surface area contributed by atoms with E-state index in [1.165, 1.54) is 16.5 Å². The number of para-hydroxylation sites is 1. The Morgan fingerprint density at radius 1 is 1.27 bits per heavy atom. The first-order chi connectivity index (χ1) is 7.24. The maximum Gasteiger partial charge on any atom is 0.0486 e. The lowest BCUT2D eigenvalue weighted by molar-refractivity contribution is 0.619. The molecule has 0 aliphatic carbocycles. The summed E-state index contributed by atoms with van der Waals surface area (Å²) in [5.74, 6) is 0. The molecule has 2 aromatic rings. The number of hydrogen-bond acceptors (Lipinski definition) is 1. The van der Waals surface area contributed by atoms with Crippen LogP contribution in [0.2, 0.25) is 0 Å². The summed E-state index contributed by atoms with van der Waals surface area (Å²) >= 11 is 0. The highest BCUT2D eigenvalue weighted by molar-refractivity contribution is 5.84. The molecule has 0 aliphatic rings. The Kier molecular flexibility index (Phi) is 2.78. The molecule has 1 N–H and O–H groups in total. The van der Waals surface area contributed by atoms with E-state index in [0.29, 0.717) is 6.04 Å². The first kappa shape index (κ1) is 10.2. The van der Waals surface area contributed by atoms with Crippen LogP contribution in [0.4, 0.5) is 0 Å². The summed E-state index contributed by atoms with van der Waals surface area (Å²) in [6.45, 7) is 5.37. The van der Waals surface area contributed by atoms with Gasteiger partial charge in [0.2, 0.25) is 0 Å². The van der Waals surface area contributed by atoms with Gasteiger partial charge in [-0.1, -0.05) is 18.2 Å². The highest BCUT2D eigenvalue weighted by atomic mass is 15.0. The molecule has 0 spiro atoms. The molecule has 0 saturated carbocycles. The third kappa shape index (κ3) is 1.77. The Morgan fingerprint density at radius 3 is 2.67 bits per heavy atom. The summed E-state index contributed by atoms with van der Waals surface area (Å²) in [5.41, 5.74) is 2.71. The minimum Gasteiger partial charge on any atom is -0.345 e. The number of rotatable bonds is 3. The van der Waals surface area contributed by atoms with Gasteiger partial charge in [-0.15, -0.1) is 0 Å². The molecule has 0 fully saturated rings. The SMILES string of the molecule is CNCc1cn(C(C)C)c2ccccc12. The average molecular weight is 202 g/mol. The molecule has 0 unspecified atom stereocenters. The molecule has 1 heterocycles. The van der Waals surface area contributed by atoms with Crippen LogP contribution >= 0.6 is 0 Å². The number of hydrogen-bond donors (Lipinski definition) is 1. The van der Waals surface area contributed by atoms with E-state index in [1.807, 2.05) is 7.05 Å². The summed E-state index contributed by atoms with van der Waals surface area (Å²) in [4.78, 5) is 0. The van der Waals surface area contributed by atoms with E-state index in [-0.39, 0.29) is 0 Å². The second-order valence-electron chi connectivity index (χ2n) is 4.20. The smallest absolute Gasteiger partial charge is 0.0486 e. The highest BCUT2D eigenvalue weighted by Gasteiger charge is 2.08. The quantitative estimate of drug-likeness (QED) is 0.809. The Morgan fingerprint density at radius 2 is 2.00 bits per heavy atom. The van der Waals surface area contributed by atoms with Gasteiger partial charge >= 0.3 is 0 Å². The molecule has 80 valence electrons. The van der Waals surface area contributed by atoms with Crippen molar-refractivity contribution in [2.45, 2.75) is 26.4 Å². The van der Waals surface area contributed by atoms with E-state index in [4.69, 9.17) is 0 Å². The van der Waals surface area contributed by atoms with Crippen molar-refractivity contribution in [1.82, 2.24) is 9.88 Å². The monoisotopic (exact) mass is 202 g/mol. The van der Waals surface area contributed by atoms with Crippen molar-refractivity contribution >= 4 is 10.9 Å². The van der Waals surface area contributed by atoms with E-state index < -0.39 is 0 Å². The van der Waals surface area contributed by atoms with Crippen molar-refractivity contribution in [3.63, 3.8) is 0 Å². The molecule has 0 amide bonds. The van der Waals surface area contributed by atoms with E-state index in [0.717, 1.165) is 6.54 Å². The minimum atomic E-state index is 0.514. The van der Waals surface area contributed by atoms with Crippen molar-refractivity contribution in [3.8, 4) is 0 Å². The van der Waals surface area contributed by atoms with Crippen LogP contribution in [0.3, 0.4) is 0 Å². The van der Waals surface area contributed by atoms with E-state index >= 15 is 0 Å². The second kappa shape index (κ2) is 4.07. The molecular weight excluding hydrogens is 184 g/mol. The van der Waals surface area contributed by atoms with Crippen LogP contribution in [0.5, 0.6) is 0 Å². The van der Waals surface area contributed by atoms with Gasteiger partial charge in [0, 0.05) is 29.7 Å². The maximum atomic E-state index is 3.22. The van der Waals surface area contributed by atoms with Gasteiger partial charge in [-0.2, -0.15) is 0 Å². The molecule has 0 bridgehead atoms. The Bertz CT molecular complexity index is 455. The van der Waals surface area contributed by atoms with Gasteiger partial charge in [0.25, 0.3) is 0 Å². The van der Waals surface area contributed by atoms with Crippen LogP contribution in [0, 0.1) is 0 Å². The largest absolute Gasteiger partial charge is 0.345 e. The van der Waals surface area contributed by atoms with Gasteiger partial charge in [0.05, 0.1) is 0 Å². The summed E-state index contributed by atoms with van der Waals surface area (Å²) in [6, 6.07) is 9.10. The lowest BCUT2D eigenvalue weighted by atomic mass is 10.2. The van der Waals surface area contributed by atoms with Crippen molar-refractivity contribution in [2.75, 3.05) is 7.05 Å². The Balaban J connectivity index is 2.62. The molecular formula is C13H18N2. The Labute approximate surface area is 90.9 Å². The predicted octanol–water partition coefficient (Wildman–Crippen LogP) is 2.94. The zero-order chi connectivity index (χ0) is 10.8. The minimum absolute atomic E-state index is 0.514. The first-order valence-corrected chi connectivity index (χ1v) is 5.47. The molecule has 0 radical (unpaired) electrons. The first-order valence-electron chi connectivity index (χ1n) is 5.47. The summed E-state index contributed by atoms with van der Waals surface area (Å²) in [5, 5.41) is 4.58. The fraction of sp³-hybridized carbons (Fsp3) is 0.385. The lowest BCUT2D eigenvalue weighted by Crippen LogP contribution is -2.04. The van der Waals surface area contributed by atoms with E-state index in [1.54, 1.807) is 0 Å². The summed E-state index contributed by atoms with van der Waals surface area (Å²) in [6.07, 6.45) is 2.26. The lowest BCUT2D eigenvalue weighted by Gasteiger charge is -2.08. The highest BCUT2D eigenvalue weighted by Crippen LogP contribution is 2.24. The van der Waals surface area contributed by atoms with Gasteiger partial charge in [-0.05, 0) is 32.5 Å². The predicted molar refractivity (Wildman–Crippen MR) is 65.1 cm³/mol. The molecule has 0 aliphatic heterocycles. The van der Waals surface area contributed by atoms with Crippen molar-refractivity contribution < 1.29 is 0 Å². The van der Waals surface area contributed by atoms with Crippen LogP contribution < -0.4 is 5.32 Å². The molecule has 1 aromatic heterocycles. The average Bonchev–Trinajstić information content (AvgIpc) is 2.59. The van der Waals surface area contributed by atoms with Gasteiger partial charge < -0.3 is 9.88 Å². The van der Waals surface area contributed by atoms with Crippen LogP contribution in [0.15, 0.2) is 30.5 Å². The third-order valence-corrected chi connectivity index (χ3v) is 2.75. The third-order valence-electron chi connectivity index (χ3n) is 2.75. The van der Waals surface area contributed by atoms with Crippen LogP contribution in [-0.4, -0.2) is 11.6 Å². The van der Waals surface area contributed by atoms with Gasteiger partial charge in [0.15, 0.2) is 0 Å². The van der Waals surface area contributed by atoms with E-state index in [2.05, 4.69) is 54.2 Å². The maximum absolute atomic E-state index is 3.22. The van der Waals surface area contributed by atoms with Gasteiger partial charge in [-0.3, -0.25) is 0 Å². The zero-order valence-corrected chi connectivity index (χ0v) is 9.62. The second-order valence-corrected chi connectivity index (χ2v) is 4.20. The van der Waals surface area contributed by atoms with Gasteiger partial charge in [-0.25, -0.2) is 0 Å². The normalized spacial score (nSPS) is 11.5. The number of aromatic nitrogens is 1. The Hall–Kier alpha value is -1.28. The fourth-order valence-corrected chi connectivity index (χ4v) is 2.04. The molecule has 2 nitrogen and oxygen atoms in total. The van der Waals surface area contributed by atoms with Crippen molar-refractivity contribution in [3.05, 3.63) is 36.0 Å².